The number of Topliss-reactive ketones (excluding diaryl/α,β-unsaturated/α-hetero) is 1. The maximum atomic E-state index is 11.8. The monoisotopic (exact) mass is 159 g/mol. The van der Waals surface area contributed by atoms with Crippen LogP contribution in [0.25, 0.3) is 0 Å². The predicted octanol–water partition coefficient (Wildman–Crippen LogP) is 1.60. The summed E-state index contributed by atoms with van der Waals surface area (Å²) in [4.78, 5) is 15.8. The first-order chi connectivity index (χ1) is 5.82. The molecule has 12 heavy (non-hydrogen) atoms. The van der Waals surface area contributed by atoms with Crippen molar-refractivity contribution < 1.29 is 4.79 Å². The second-order valence-electron chi connectivity index (χ2n) is 3.82. The number of hydrogen-bond donors (Lipinski definition) is 0. The Morgan fingerprint density at radius 3 is 2.92 bits per heavy atom. The smallest absolute Gasteiger partial charge is 0.169 e. The molecule has 2 nitrogen and oxygen atoms in total. The van der Waals surface area contributed by atoms with Gasteiger partial charge in [-0.25, -0.2) is 0 Å². The van der Waals surface area contributed by atoms with Crippen molar-refractivity contribution in [1.82, 2.24) is 4.98 Å². The Morgan fingerprint density at radius 1 is 1.42 bits per heavy atom. The van der Waals surface area contributed by atoms with Crippen molar-refractivity contribution in [2.24, 2.45) is 5.41 Å². The van der Waals surface area contributed by atoms with Gasteiger partial charge in [0.2, 0.25) is 0 Å². The van der Waals surface area contributed by atoms with Crippen molar-refractivity contribution in [1.29, 1.82) is 0 Å². The minimum absolute atomic E-state index is 0.0331. The van der Waals surface area contributed by atoms with Crippen LogP contribution in [-0.2, 0) is 6.42 Å². The van der Waals surface area contributed by atoms with E-state index in [4.69, 9.17) is 0 Å². The van der Waals surface area contributed by atoms with Crippen LogP contribution in [0.5, 0.6) is 0 Å². The summed E-state index contributed by atoms with van der Waals surface area (Å²) in [6, 6.07) is 1.85. The molecule has 2 aliphatic rings. The van der Waals surface area contributed by atoms with E-state index in [1.54, 1.807) is 6.20 Å². The van der Waals surface area contributed by atoms with Crippen molar-refractivity contribution >= 4 is 5.78 Å². The van der Waals surface area contributed by atoms with Gasteiger partial charge in [0, 0.05) is 23.4 Å². The summed E-state index contributed by atoms with van der Waals surface area (Å²) in [7, 11) is 0. The zero-order chi connectivity index (χ0) is 8.18. The molecule has 1 fully saturated rings. The molecule has 1 spiro atoms. The lowest BCUT2D eigenvalue weighted by atomic mass is 10.0. The molecule has 0 unspecified atom stereocenters. The Bertz CT molecular complexity index is 366. The van der Waals surface area contributed by atoms with E-state index in [9.17, 15) is 4.79 Å². The molecule has 0 amide bonds. The number of carbonyl (C=O) groups is 1. The van der Waals surface area contributed by atoms with Gasteiger partial charge in [0.15, 0.2) is 5.78 Å². The third kappa shape index (κ3) is 0.607. The van der Waals surface area contributed by atoms with Crippen LogP contribution in [0.1, 0.15) is 28.8 Å². The highest BCUT2D eigenvalue weighted by Gasteiger charge is 2.54. The summed E-state index contributed by atoms with van der Waals surface area (Å²) in [5.74, 6) is 0.361. The van der Waals surface area contributed by atoms with Crippen molar-refractivity contribution in [2.75, 3.05) is 0 Å². The molecule has 0 N–H and O–H groups in total. The normalized spacial score (nSPS) is 22.8. The Hall–Kier alpha value is -1.18. The quantitative estimate of drug-likeness (QED) is 0.575. The van der Waals surface area contributed by atoms with E-state index in [-0.39, 0.29) is 5.41 Å². The first kappa shape index (κ1) is 6.35. The van der Waals surface area contributed by atoms with Gasteiger partial charge >= 0.3 is 0 Å². The largest absolute Gasteiger partial charge is 0.294 e. The van der Waals surface area contributed by atoms with Gasteiger partial charge in [0.1, 0.15) is 0 Å². The van der Waals surface area contributed by atoms with Crippen LogP contribution in [0, 0.1) is 5.41 Å². The van der Waals surface area contributed by atoms with Crippen molar-refractivity contribution in [3.63, 3.8) is 0 Å². The highest BCUT2D eigenvalue weighted by Crippen LogP contribution is 2.54. The first-order valence-corrected chi connectivity index (χ1v) is 4.30. The van der Waals surface area contributed by atoms with Crippen LogP contribution < -0.4 is 0 Å². The van der Waals surface area contributed by atoms with E-state index in [2.05, 4.69) is 4.98 Å². The van der Waals surface area contributed by atoms with Crippen LogP contribution in [-0.4, -0.2) is 10.8 Å². The van der Waals surface area contributed by atoms with E-state index in [1.807, 2.05) is 12.3 Å². The second kappa shape index (κ2) is 1.76. The zero-order valence-electron chi connectivity index (χ0n) is 6.71. The highest BCUT2D eigenvalue weighted by molar-refractivity contribution is 6.06. The zero-order valence-corrected chi connectivity index (χ0v) is 6.71. The molecule has 0 bridgehead atoms. The van der Waals surface area contributed by atoms with Crippen LogP contribution in [0.15, 0.2) is 18.5 Å². The second-order valence-corrected chi connectivity index (χ2v) is 3.82. The van der Waals surface area contributed by atoms with Gasteiger partial charge in [-0.05, 0) is 30.9 Å². The fourth-order valence-electron chi connectivity index (χ4n) is 2.07. The maximum absolute atomic E-state index is 11.8. The number of pyridine rings is 1. The lowest BCUT2D eigenvalue weighted by molar-refractivity contribution is 0.0919. The summed E-state index contributed by atoms with van der Waals surface area (Å²) < 4.78 is 0. The number of rotatable bonds is 0. The summed E-state index contributed by atoms with van der Waals surface area (Å²) in [6.45, 7) is 0. The topological polar surface area (TPSA) is 30.0 Å². The molecule has 1 saturated carbocycles. The maximum Gasteiger partial charge on any atom is 0.169 e. The van der Waals surface area contributed by atoms with Gasteiger partial charge in [-0.1, -0.05) is 0 Å². The minimum Gasteiger partial charge on any atom is -0.294 e. The van der Waals surface area contributed by atoms with E-state index in [0.717, 1.165) is 30.4 Å². The lowest BCUT2D eigenvalue weighted by Crippen LogP contribution is -2.08. The minimum atomic E-state index is 0.0331. The van der Waals surface area contributed by atoms with Gasteiger partial charge in [-0.2, -0.15) is 0 Å². The van der Waals surface area contributed by atoms with Gasteiger partial charge in [0.05, 0.1) is 0 Å². The summed E-state index contributed by atoms with van der Waals surface area (Å²) in [6.07, 6.45) is 6.65. The molecule has 0 aromatic carbocycles. The van der Waals surface area contributed by atoms with Gasteiger partial charge < -0.3 is 0 Å². The fourth-order valence-corrected chi connectivity index (χ4v) is 2.07. The average Bonchev–Trinajstić information content (AvgIpc) is 2.79. The Balaban J connectivity index is 2.19. The molecule has 1 aromatic rings. The van der Waals surface area contributed by atoms with E-state index in [1.165, 1.54) is 0 Å². The molecule has 2 aliphatic carbocycles. The number of ketones is 1. The van der Waals surface area contributed by atoms with Crippen molar-refractivity contribution in [3.8, 4) is 0 Å². The fraction of sp³-hybridized carbons (Fsp3) is 0.400. The average molecular weight is 159 g/mol. The third-order valence-corrected chi connectivity index (χ3v) is 3.01. The van der Waals surface area contributed by atoms with Gasteiger partial charge in [-0.15, -0.1) is 0 Å². The Kier molecular flexibility index (Phi) is 0.932. The summed E-state index contributed by atoms with van der Waals surface area (Å²) in [5.41, 5.74) is 2.10. The number of nitrogens with zero attached hydrogens (tertiary/aromatic N) is 1. The molecule has 0 saturated heterocycles. The molecule has 1 heterocycles. The number of fused-ring (bicyclic) bond motifs is 1. The summed E-state index contributed by atoms with van der Waals surface area (Å²) >= 11 is 0. The third-order valence-electron chi connectivity index (χ3n) is 3.01. The van der Waals surface area contributed by atoms with Crippen LogP contribution in [0.2, 0.25) is 0 Å². The molecule has 0 aliphatic heterocycles. The molecule has 1 aromatic heterocycles. The van der Waals surface area contributed by atoms with E-state index >= 15 is 0 Å². The molecule has 60 valence electrons. The highest BCUT2D eigenvalue weighted by atomic mass is 16.1. The Labute approximate surface area is 70.6 Å². The van der Waals surface area contributed by atoms with Gasteiger partial charge in [0.25, 0.3) is 0 Å². The standard InChI is InChI=1S/C10H9NO/c12-9-8-1-4-11-6-7(8)5-10(9)2-3-10/h1,4,6H,2-3,5H2. The first-order valence-electron chi connectivity index (χ1n) is 4.30. The van der Waals surface area contributed by atoms with E-state index < -0.39 is 0 Å². The van der Waals surface area contributed by atoms with Crippen LogP contribution in [0.4, 0.5) is 0 Å². The van der Waals surface area contributed by atoms with E-state index in [0.29, 0.717) is 5.78 Å². The predicted molar refractivity (Wildman–Crippen MR) is 43.9 cm³/mol. The number of hydrogen-bond acceptors (Lipinski definition) is 2. The molecule has 0 atom stereocenters. The molecule has 3 rings (SSSR count). The molecular formula is C10H9NO. The number of carbonyl (C=O) groups excluding carboxylic acids is 1. The Morgan fingerprint density at radius 2 is 2.25 bits per heavy atom. The molecule has 2 heteroatoms. The number of aromatic nitrogens is 1. The molecular weight excluding hydrogens is 150 g/mol. The van der Waals surface area contributed by atoms with Crippen LogP contribution >= 0.6 is 0 Å². The van der Waals surface area contributed by atoms with Crippen molar-refractivity contribution in [2.45, 2.75) is 19.3 Å². The van der Waals surface area contributed by atoms with Gasteiger partial charge in [-0.3, -0.25) is 9.78 Å². The SMILES string of the molecule is O=C1c2ccncc2CC12CC2. The molecule has 0 radical (unpaired) electrons. The summed E-state index contributed by atoms with van der Waals surface area (Å²) in [5, 5.41) is 0. The van der Waals surface area contributed by atoms with Crippen molar-refractivity contribution in [3.05, 3.63) is 29.6 Å². The van der Waals surface area contributed by atoms with Crippen LogP contribution in [0.3, 0.4) is 0 Å². The lowest BCUT2D eigenvalue weighted by Gasteiger charge is -1.98.